The summed E-state index contributed by atoms with van der Waals surface area (Å²) in [4.78, 5) is 15.7. The minimum absolute atomic E-state index is 0.120. The highest BCUT2D eigenvalue weighted by molar-refractivity contribution is 6.04. The van der Waals surface area contributed by atoms with E-state index in [1.807, 2.05) is 6.92 Å². The molecular weight excluding hydrogens is 180 g/mol. The van der Waals surface area contributed by atoms with Gasteiger partial charge in [0.15, 0.2) is 0 Å². The molecule has 0 saturated carbocycles. The largest absolute Gasteiger partial charge is 0.343 e. The van der Waals surface area contributed by atoms with E-state index in [1.165, 1.54) is 12.8 Å². The lowest BCUT2D eigenvalue weighted by Gasteiger charge is -2.22. The normalized spacial score (nSPS) is 28.8. The van der Waals surface area contributed by atoms with Gasteiger partial charge in [0, 0.05) is 0 Å². The molecule has 0 radical (unpaired) electrons. The first kappa shape index (κ1) is 9.65. The summed E-state index contributed by atoms with van der Waals surface area (Å²) in [6, 6.07) is 0. The van der Waals surface area contributed by atoms with Crippen molar-refractivity contribution in [2.24, 2.45) is 17.0 Å². The Balaban J connectivity index is 1.87. The highest BCUT2D eigenvalue weighted by Crippen LogP contribution is 2.22. The van der Waals surface area contributed by atoms with Crippen molar-refractivity contribution in [1.29, 1.82) is 0 Å². The molecule has 0 aromatic carbocycles. The number of rotatable bonds is 2. The number of hydrogen-bond acceptors (Lipinski definition) is 4. The Bertz CT molecular complexity index is 257. The Morgan fingerprint density at radius 1 is 1.50 bits per heavy atom. The van der Waals surface area contributed by atoms with Gasteiger partial charge in [-0.2, -0.15) is 0 Å². The standard InChI is InChI=1S/C10H16N2O2/c1-7-9(12-14-10(7)13)6-8-2-4-11-5-3-8/h7-8,11H,2-6H2,1H3. The molecule has 0 aromatic rings. The zero-order valence-corrected chi connectivity index (χ0v) is 8.45. The summed E-state index contributed by atoms with van der Waals surface area (Å²) in [5.41, 5.74) is 0.932. The van der Waals surface area contributed by atoms with Gasteiger partial charge in [0.05, 0.1) is 11.6 Å². The zero-order chi connectivity index (χ0) is 9.97. The maximum Gasteiger partial charge on any atom is 0.343 e. The summed E-state index contributed by atoms with van der Waals surface area (Å²) in [5, 5.41) is 7.16. The van der Waals surface area contributed by atoms with E-state index in [0.29, 0.717) is 5.92 Å². The summed E-state index contributed by atoms with van der Waals surface area (Å²) < 4.78 is 0. The van der Waals surface area contributed by atoms with Crippen LogP contribution in [0.3, 0.4) is 0 Å². The van der Waals surface area contributed by atoms with Crippen molar-refractivity contribution in [2.45, 2.75) is 26.2 Å². The number of nitrogens with one attached hydrogen (secondary N) is 1. The molecular formula is C10H16N2O2. The predicted molar refractivity (Wildman–Crippen MR) is 52.9 cm³/mol. The summed E-state index contributed by atoms with van der Waals surface area (Å²) in [6.45, 7) is 4.04. The summed E-state index contributed by atoms with van der Waals surface area (Å²) >= 11 is 0. The maximum absolute atomic E-state index is 11.1. The van der Waals surface area contributed by atoms with Crippen LogP contribution in [0.25, 0.3) is 0 Å². The lowest BCUT2D eigenvalue weighted by Crippen LogP contribution is -2.29. The molecule has 0 aromatic heterocycles. The third-order valence-electron chi connectivity index (χ3n) is 3.06. The fourth-order valence-electron chi connectivity index (χ4n) is 1.99. The topological polar surface area (TPSA) is 50.7 Å². The minimum atomic E-state index is -0.200. The number of nitrogens with zero attached hydrogens (tertiary/aromatic N) is 1. The molecule has 2 aliphatic rings. The van der Waals surface area contributed by atoms with E-state index >= 15 is 0 Å². The first-order valence-corrected chi connectivity index (χ1v) is 5.25. The Labute approximate surface area is 83.7 Å². The molecule has 4 nitrogen and oxygen atoms in total. The van der Waals surface area contributed by atoms with Gasteiger partial charge in [-0.15, -0.1) is 0 Å². The second-order valence-corrected chi connectivity index (χ2v) is 4.11. The quantitative estimate of drug-likeness (QED) is 0.668. The van der Waals surface area contributed by atoms with Crippen molar-refractivity contribution in [1.82, 2.24) is 5.32 Å². The Morgan fingerprint density at radius 3 is 2.79 bits per heavy atom. The SMILES string of the molecule is CC1C(=O)ON=C1CC1CCNCC1. The van der Waals surface area contributed by atoms with Crippen molar-refractivity contribution < 1.29 is 9.63 Å². The Kier molecular flexibility index (Phi) is 2.82. The third kappa shape index (κ3) is 1.95. The van der Waals surface area contributed by atoms with Crippen LogP contribution in [-0.2, 0) is 9.63 Å². The molecule has 1 N–H and O–H groups in total. The predicted octanol–water partition coefficient (Wildman–Crippen LogP) is 0.925. The third-order valence-corrected chi connectivity index (χ3v) is 3.06. The fraction of sp³-hybridized carbons (Fsp3) is 0.800. The van der Waals surface area contributed by atoms with Gasteiger partial charge in [-0.1, -0.05) is 5.16 Å². The highest BCUT2D eigenvalue weighted by atomic mass is 16.7. The molecule has 1 saturated heterocycles. The monoisotopic (exact) mass is 196 g/mol. The van der Waals surface area contributed by atoms with Gasteiger partial charge in [0.2, 0.25) is 0 Å². The smallest absolute Gasteiger partial charge is 0.318 e. The summed E-state index contributed by atoms with van der Waals surface area (Å²) in [7, 11) is 0. The molecule has 1 fully saturated rings. The van der Waals surface area contributed by atoms with Gasteiger partial charge in [0.1, 0.15) is 0 Å². The van der Waals surface area contributed by atoms with Crippen molar-refractivity contribution in [3.05, 3.63) is 0 Å². The summed E-state index contributed by atoms with van der Waals surface area (Å²) in [6.07, 6.45) is 3.29. The van der Waals surface area contributed by atoms with Gasteiger partial charge < -0.3 is 10.2 Å². The molecule has 0 aliphatic carbocycles. The molecule has 0 bridgehead atoms. The Hall–Kier alpha value is -0.900. The average molecular weight is 196 g/mol. The van der Waals surface area contributed by atoms with Gasteiger partial charge in [-0.25, -0.2) is 4.79 Å². The number of oxime groups is 1. The van der Waals surface area contributed by atoms with E-state index in [4.69, 9.17) is 0 Å². The number of piperidine rings is 1. The van der Waals surface area contributed by atoms with E-state index in [-0.39, 0.29) is 11.9 Å². The fourth-order valence-corrected chi connectivity index (χ4v) is 1.99. The van der Waals surface area contributed by atoms with Crippen LogP contribution in [0, 0.1) is 11.8 Å². The number of hydrogen-bond donors (Lipinski definition) is 1. The number of carbonyl (C=O) groups is 1. The van der Waals surface area contributed by atoms with Crippen LogP contribution < -0.4 is 5.32 Å². The van der Waals surface area contributed by atoms with E-state index in [9.17, 15) is 4.79 Å². The first-order valence-electron chi connectivity index (χ1n) is 5.25. The van der Waals surface area contributed by atoms with Crippen LogP contribution in [0.5, 0.6) is 0 Å². The van der Waals surface area contributed by atoms with Gasteiger partial charge in [-0.3, -0.25) is 0 Å². The lowest BCUT2D eigenvalue weighted by molar-refractivity contribution is -0.142. The van der Waals surface area contributed by atoms with Crippen molar-refractivity contribution in [2.75, 3.05) is 13.1 Å². The molecule has 78 valence electrons. The van der Waals surface area contributed by atoms with Gasteiger partial charge in [-0.05, 0) is 45.2 Å². The zero-order valence-electron chi connectivity index (χ0n) is 8.45. The average Bonchev–Trinajstić information content (AvgIpc) is 2.52. The lowest BCUT2D eigenvalue weighted by atomic mass is 9.89. The maximum atomic E-state index is 11.1. The second kappa shape index (κ2) is 4.09. The molecule has 1 unspecified atom stereocenters. The van der Waals surface area contributed by atoms with Crippen LogP contribution in [0.4, 0.5) is 0 Å². The molecule has 2 heterocycles. The van der Waals surface area contributed by atoms with E-state index in [0.717, 1.165) is 25.2 Å². The van der Waals surface area contributed by atoms with Crippen molar-refractivity contribution >= 4 is 11.7 Å². The molecule has 1 atom stereocenters. The molecule has 2 aliphatic heterocycles. The van der Waals surface area contributed by atoms with Crippen LogP contribution in [0.15, 0.2) is 5.16 Å². The molecule has 0 amide bonds. The van der Waals surface area contributed by atoms with Crippen LogP contribution in [0.2, 0.25) is 0 Å². The second-order valence-electron chi connectivity index (χ2n) is 4.11. The van der Waals surface area contributed by atoms with Gasteiger partial charge >= 0.3 is 5.97 Å². The van der Waals surface area contributed by atoms with Crippen molar-refractivity contribution in [3.63, 3.8) is 0 Å². The van der Waals surface area contributed by atoms with E-state index in [2.05, 4.69) is 15.3 Å². The summed E-state index contributed by atoms with van der Waals surface area (Å²) in [5.74, 6) is 0.353. The molecule has 14 heavy (non-hydrogen) atoms. The van der Waals surface area contributed by atoms with Crippen LogP contribution >= 0.6 is 0 Å². The highest BCUT2D eigenvalue weighted by Gasteiger charge is 2.30. The van der Waals surface area contributed by atoms with E-state index < -0.39 is 0 Å². The van der Waals surface area contributed by atoms with Gasteiger partial charge in [0.25, 0.3) is 0 Å². The van der Waals surface area contributed by atoms with Crippen molar-refractivity contribution in [3.8, 4) is 0 Å². The minimum Gasteiger partial charge on any atom is -0.318 e. The molecule has 0 spiro atoms. The molecule has 4 heteroatoms. The molecule has 2 rings (SSSR count). The van der Waals surface area contributed by atoms with E-state index in [1.54, 1.807) is 0 Å². The van der Waals surface area contributed by atoms with Crippen LogP contribution in [0.1, 0.15) is 26.2 Å². The Morgan fingerprint density at radius 2 is 2.21 bits per heavy atom. The van der Waals surface area contributed by atoms with Crippen LogP contribution in [-0.4, -0.2) is 24.8 Å². The first-order chi connectivity index (χ1) is 6.77. The number of carbonyl (C=O) groups excluding carboxylic acids is 1.